The number of benzene rings is 3. The summed E-state index contributed by atoms with van der Waals surface area (Å²) in [4.78, 5) is 26.9. The molecule has 7 heteroatoms. The quantitative estimate of drug-likeness (QED) is 0.381. The Bertz CT molecular complexity index is 1130. The molecular formula is C25H24N2O4S. The van der Waals surface area contributed by atoms with Gasteiger partial charge in [0, 0.05) is 27.8 Å². The van der Waals surface area contributed by atoms with Gasteiger partial charge in [-0.1, -0.05) is 24.3 Å². The van der Waals surface area contributed by atoms with E-state index >= 15 is 0 Å². The van der Waals surface area contributed by atoms with Crippen LogP contribution in [0.15, 0.2) is 83.4 Å². The lowest BCUT2D eigenvalue weighted by molar-refractivity contribution is -0.113. The van der Waals surface area contributed by atoms with Gasteiger partial charge in [0.05, 0.1) is 14.2 Å². The summed E-state index contributed by atoms with van der Waals surface area (Å²) in [6.07, 6.45) is 3.54. The summed E-state index contributed by atoms with van der Waals surface area (Å²) in [5, 5.41) is 5.58. The highest BCUT2D eigenvalue weighted by Crippen LogP contribution is 2.27. The predicted octanol–water partition coefficient (Wildman–Crippen LogP) is 4.84. The van der Waals surface area contributed by atoms with Crippen molar-refractivity contribution in [3.63, 3.8) is 0 Å². The fraction of sp³-hybridized carbons (Fsp3) is 0.120. The third-order valence-corrected chi connectivity index (χ3v) is 5.32. The van der Waals surface area contributed by atoms with Crippen molar-refractivity contribution in [3.8, 4) is 11.5 Å². The summed E-state index contributed by atoms with van der Waals surface area (Å²) in [6.45, 7) is 0. The van der Waals surface area contributed by atoms with E-state index in [0.29, 0.717) is 28.3 Å². The molecule has 2 amide bonds. The number of thioether (sulfide) groups is 1. The minimum absolute atomic E-state index is 0.0804. The maximum absolute atomic E-state index is 13.1. The van der Waals surface area contributed by atoms with Crippen molar-refractivity contribution in [1.29, 1.82) is 0 Å². The number of nitrogens with one attached hydrogen (secondary N) is 2. The lowest BCUT2D eigenvalue weighted by Crippen LogP contribution is -2.30. The van der Waals surface area contributed by atoms with Crippen LogP contribution < -0.4 is 20.1 Å². The Balaban J connectivity index is 1.96. The number of methoxy groups -OCH3 is 2. The molecule has 6 nitrogen and oxygen atoms in total. The zero-order valence-electron chi connectivity index (χ0n) is 18.0. The average molecular weight is 449 g/mol. The number of hydrogen-bond donors (Lipinski definition) is 2. The molecule has 0 saturated heterocycles. The van der Waals surface area contributed by atoms with E-state index < -0.39 is 11.8 Å². The molecule has 0 aliphatic rings. The van der Waals surface area contributed by atoms with Gasteiger partial charge < -0.3 is 20.1 Å². The van der Waals surface area contributed by atoms with Gasteiger partial charge in [0.2, 0.25) is 0 Å². The summed E-state index contributed by atoms with van der Waals surface area (Å²) in [6, 6.07) is 21.4. The molecule has 0 aromatic heterocycles. The highest BCUT2D eigenvalue weighted by atomic mass is 32.2. The van der Waals surface area contributed by atoms with Crippen LogP contribution in [0.2, 0.25) is 0 Å². The van der Waals surface area contributed by atoms with Crippen molar-refractivity contribution in [2.75, 3.05) is 25.8 Å². The van der Waals surface area contributed by atoms with Crippen LogP contribution in [0.5, 0.6) is 11.5 Å². The number of carbonyl (C=O) groups is 2. The topological polar surface area (TPSA) is 76.7 Å². The van der Waals surface area contributed by atoms with E-state index in [0.717, 1.165) is 4.90 Å². The van der Waals surface area contributed by atoms with Crippen LogP contribution in [0.1, 0.15) is 15.9 Å². The van der Waals surface area contributed by atoms with Crippen LogP contribution in [-0.4, -0.2) is 32.3 Å². The first kappa shape index (κ1) is 23.0. The third kappa shape index (κ3) is 5.92. The monoisotopic (exact) mass is 448 g/mol. The zero-order chi connectivity index (χ0) is 22.9. The molecule has 2 N–H and O–H groups in total. The Labute approximate surface area is 191 Å². The van der Waals surface area contributed by atoms with Gasteiger partial charge in [0.1, 0.15) is 17.2 Å². The van der Waals surface area contributed by atoms with E-state index in [1.165, 1.54) is 7.11 Å². The minimum atomic E-state index is -0.453. The maximum atomic E-state index is 13.1. The van der Waals surface area contributed by atoms with Crippen molar-refractivity contribution in [3.05, 3.63) is 89.6 Å². The molecule has 0 fully saturated rings. The van der Waals surface area contributed by atoms with Crippen LogP contribution in [-0.2, 0) is 4.79 Å². The van der Waals surface area contributed by atoms with E-state index in [1.807, 2.05) is 30.5 Å². The Kier molecular flexibility index (Phi) is 7.94. The highest BCUT2D eigenvalue weighted by molar-refractivity contribution is 7.98. The molecule has 32 heavy (non-hydrogen) atoms. The van der Waals surface area contributed by atoms with Crippen molar-refractivity contribution < 1.29 is 19.1 Å². The number of ether oxygens (including phenoxy) is 2. The molecule has 0 bridgehead atoms. The van der Waals surface area contributed by atoms with Gasteiger partial charge in [0.25, 0.3) is 11.8 Å². The molecule has 0 heterocycles. The fourth-order valence-electron chi connectivity index (χ4n) is 2.93. The van der Waals surface area contributed by atoms with Crippen molar-refractivity contribution in [2.24, 2.45) is 0 Å². The standard InChI is InChI=1S/C25H24N2O4S/c1-30-20-13-12-18(23(16-20)31-2)14-22(27-24(28)17-8-5-4-6-9-17)25(29)26-19-10-7-11-21(15-19)32-3/h4-16H,1-3H3,(H,26,29)(H,27,28)/b22-14+. The molecule has 0 spiro atoms. The van der Waals surface area contributed by atoms with Gasteiger partial charge in [-0.15, -0.1) is 11.8 Å². The van der Waals surface area contributed by atoms with Crippen LogP contribution in [0.3, 0.4) is 0 Å². The first-order valence-corrected chi connectivity index (χ1v) is 11.0. The summed E-state index contributed by atoms with van der Waals surface area (Å²) in [5.41, 5.74) is 1.77. The van der Waals surface area contributed by atoms with Crippen LogP contribution >= 0.6 is 11.8 Å². The number of hydrogen-bond acceptors (Lipinski definition) is 5. The Morgan fingerprint density at radius 3 is 2.38 bits per heavy atom. The van der Waals surface area contributed by atoms with Gasteiger partial charge in [-0.2, -0.15) is 0 Å². The molecule has 0 atom stereocenters. The lowest BCUT2D eigenvalue weighted by Gasteiger charge is -2.13. The van der Waals surface area contributed by atoms with Gasteiger partial charge in [-0.05, 0) is 54.8 Å². The molecule has 3 aromatic carbocycles. The van der Waals surface area contributed by atoms with Crippen LogP contribution in [0.25, 0.3) is 6.08 Å². The number of amides is 2. The lowest BCUT2D eigenvalue weighted by atomic mass is 10.1. The van der Waals surface area contributed by atoms with Crippen LogP contribution in [0.4, 0.5) is 5.69 Å². The average Bonchev–Trinajstić information content (AvgIpc) is 2.84. The normalized spacial score (nSPS) is 10.9. The second kappa shape index (κ2) is 11.1. The summed E-state index contributed by atoms with van der Waals surface area (Å²) in [5.74, 6) is 0.281. The number of anilines is 1. The smallest absolute Gasteiger partial charge is 0.272 e. The molecule has 0 saturated carbocycles. The highest BCUT2D eigenvalue weighted by Gasteiger charge is 2.16. The van der Waals surface area contributed by atoms with Gasteiger partial charge in [-0.3, -0.25) is 9.59 Å². The number of carbonyl (C=O) groups excluding carboxylic acids is 2. The first-order chi connectivity index (χ1) is 15.5. The summed E-state index contributed by atoms with van der Waals surface area (Å²) >= 11 is 1.57. The second-order valence-corrected chi connectivity index (χ2v) is 7.55. The van der Waals surface area contributed by atoms with E-state index in [1.54, 1.807) is 73.5 Å². The van der Waals surface area contributed by atoms with Crippen molar-refractivity contribution in [1.82, 2.24) is 5.32 Å². The molecular weight excluding hydrogens is 424 g/mol. The summed E-state index contributed by atoms with van der Waals surface area (Å²) < 4.78 is 10.7. The number of rotatable bonds is 8. The Hall–Kier alpha value is -3.71. The SMILES string of the molecule is COc1ccc(/C=C(/NC(=O)c2ccccc2)C(=O)Nc2cccc(SC)c2)c(OC)c1. The van der Waals surface area contributed by atoms with Gasteiger partial charge >= 0.3 is 0 Å². The van der Waals surface area contributed by atoms with Gasteiger partial charge in [-0.25, -0.2) is 0 Å². The fourth-order valence-corrected chi connectivity index (χ4v) is 3.39. The predicted molar refractivity (Wildman–Crippen MR) is 128 cm³/mol. The van der Waals surface area contributed by atoms with E-state index in [-0.39, 0.29) is 5.70 Å². The Morgan fingerprint density at radius 2 is 1.69 bits per heavy atom. The molecule has 164 valence electrons. The molecule has 0 radical (unpaired) electrons. The largest absolute Gasteiger partial charge is 0.497 e. The van der Waals surface area contributed by atoms with E-state index in [4.69, 9.17) is 9.47 Å². The summed E-state index contributed by atoms with van der Waals surface area (Å²) in [7, 11) is 3.09. The zero-order valence-corrected chi connectivity index (χ0v) is 18.9. The minimum Gasteiger partial charge on any atom is -0.497 e. The van der Waals surface area contributed by atoms with E-state index in [9.17, 15) is 9.59 Å². The Morgan fingerprint density at radius 1 is 0.906 bits per heavy atom. The second-order valence-electron chi connectivity index (χ2n) is 6.67. The van der Waals surface area contributed by atoms with E-state index in [2.05, 4.69) is 10.6 Å². The molecule has 3 aromatic rings. The first-order valence-electron chi connectivity index (χ1n) is 9.79. The molecule has 0 aliphatic heterocycles. The third-order valence-electron chi connectivity index (χ3n) is 4.60. The maximum Gasteiger partial charge on any atom is 0.272 e. The van der Waals surface area contributed by atoms with Crippen LogP contribution in [0, 0.1) is 0 Å². The molecule has 0 unspecified atom stereocenters. The molecule has 3 rings (SSSR count). The van der Waals surface area contributed by atoms with Crippen molar-refractivity contribution >= 4 is 35.3 Å². The molecule has 0 aliphatic carbocycles. The van der Waals surface area contributed by atoms with Crippen molar-refractivity contribution in [2.45, 2.75) is 4.90 Å². The van der Waals surface area contributed by atoms with Gasteiger partial charge in [0.15, 0.2) is 0 Å².